The van der Waals surface area contributed by atoms with E-state index in [-0.39, 0.29) is 18.1 Å². The maximum Gasteiger partial charge on any atom is 0.320 e. The highest BCUT2D eigenvalue weighted by atomic mass is 16.5. The lowest BCUT2D eigenvalue weighted by atomic mass is 9.76. The first kappa shape index (κ1) is 22.2. The first-order chi connectivity index (χ1) is 15.0. The maximum absolute atomic E-state index is 13.2. The smallest absolute Gasteiger partial charge is 0.320 e. The summed E-state index contributed by atoms with van der Waals surface area (Å²) in [5.74, 6) is 1.13. The number of carbonyl (C=O) groups excluding carboxylic acids is 3. The molecule has 9 nitrogen and oxygen atoms in total. The van der Waals surface area contributed by atoms with Crippen molar-refractivity contribution >= 4 is 18.0 Å². The average molecular weight is 436 g/mol. The molecule has 5 amide bonds. The molecular formula is C22H37N5O4. The van der Waals surface area contributed by atoms with E-state index in [1.165, 1.54) is 0 Å². The molecule has 0 saturated carbocycles. The van der Waals surface area contributed by atoms with E-state index in [0.29, 0.717) is 56.4 Å². The van der Waals surface area contributed by atoms with Crippen LogP contribution in [0.5, 0.6) is 0 Å². The van der Waals surface area contributed by atoms with Gasteiger partial charge in [0.1, 0.15) is 0 Å². The summed E-state index contributed by atoms with van der Waals surface area (Å²) in [6.45, 7) is 4.92. The molecule has 2 unspecified atom stereocenters. The largest absolute Gasteiger partial charge is 0.385 e. The van der Waals surface area contributed by atoms with E-state index in [2.05, 4.69) is 15.5 Å². The fraction of sp³-hybridized carbons (Fsp3) is 0.864. The highest BCUT2D eigenvalue weighted by molar-refractivity contribution is 5.78. The van der Waals surface area contributed by atoms with Crippen LogP contribution in [0.3, 0.4) is 0 Å². The molecule has 0 aromatic rings. The second-order valence-corrected chi connectivity index (χ2v) is 9.56. The zero-order valence-electron chi connectivity index (χ0n) is 18.7. The van der Waals surface area contributed by atoms with Gasteiger partial charge >= 0.3 is 12.1 Å². The van der Waals surface area contributed by atoms with E-state index < -0.39 is 0 Å². The number of nitrogens with one attached hydrogen (secondary N) is 2. The molecule has 4 heterocycles. The van der Waals surface area contributed by atoms with E-state index in [0.717, 1.165) is 58.2 Å². The second-order valence-electron chi connectivity index (χ2n) is 9.56. The maximum atomic E-state index is 13.2. The van der Waals surface area contributed by atoms with Crippen molar-refractivity contribution in [2.24, 2.45) is 11.8 Å². The van der Waals surface area contributed by atoms with Gasteiger partial charge in [0.25, 0.3) is 0 Å². The quantitative estimate of drug-likeness (QED) is 0.636. The Morgan fingerprint density at radius 3 is 2.68 bits per heavy atom. The van der Waals surface area contributed by atoms with Crippen molar-refractivity contribution in [3.63, 3.8) is 0 Å². The Hall–Kier alpha value is -2.03. The standard InChI is InChI=1S/C22H37N5O4/c1-31-11-3-8-23-21(29)24-18-6-9-25(10-7-18)22(30)26-13-16-12-17(15-26)19-4-2-5-20(28)27(19)14-16/h16-19H,2-15H2,1H3,(H2,23,24,29)/t16?,17?,19-/m1/s1. The molecule has 2 bridgehead atoms. The lowest BCUT2D eigenvalue weighted by molar-refractivity contribution is -0.144. The highest BCUT2D eigenvalue weighted by Crippen LogP contribution is 2.38. The number of nitrogens with zero attached hydrogens (tertiary/aromatic N) is 3. The van der Waals surface area contributed by atoms with Crippen molar-refractivity contribution in [3.8, 4) is 0 Å². The molecular weight excluding hydrogens is 398 g/mol. The molecule has 2 N–H and O–H groups in total. The van der Waals surface area contributed by atoms with Crippen LogP contribution < -0.4 is 10.6 Å². The number of hydrogen-bond donors (Lipinski definition) is 2. The van der Waals surface area contributed by atoms with Gasteiger partial charge in [-0.3, -0.25) is 4.79 Å². The van der Waals surface area contributed by atoms with Gasteiger partial charge in [0.15, 0.2) is 0 Å². The Bertz CT molecular complexity index is 666. The fourth-order valence-electron chi connectivity index (χ4n) is 5.84. The molecule has 0 aromatic carbocycles. The molecule has 4 fully saturated rings. The summed E-state index contributed by atoms with van der Waals surface area (Å²) in [5, 5.41) is 5.87. The average Bonchev–Trinajstić information content (AvgIpc) is 2.77. The molecule has 0 aliphatic carbocycles. The van der Waals surface area contributed by atoms with Crippen LogP contribution >= 0.6 is 0 Å². The van der Waals surface area contributed by atoms with Gasteiger partial charge < -0.3 is 30.1 Å². The van der Waals surface area contributed by atoms with Crippen LogP contribution in [0.1, 0.15) is 44.9 Å². The minimum absolute atomic E-state index is 0.106. The van der Waals surface area contributed by atoms with Crippen molar-refractivity contribution in [2.45, 2.75) is 57.0 Å². The van der Waals surface area contributed by atoms with Gasteiger partial charge in [-0.2, -0.15) is 0 Å². The van der Waals surface area contributed by atoms with Crippen LogP contribution in [0.15, 0.2) is 0 Å². The number of methoxy groups -OCH3 is 1. The van der Waals surface area contributed by atoms with Crippen LogP contribution in [0.4, 0.5) is 9.59 Å². The van der Waals surface area contributed by atoms with Crippen molar-refractivity contribution in [1.82, 2.24) is 25.3 Å². The highest BCUT2D eigenvalue weighted by Gasteiger charge is 2.45. The van der Waals surface area contributed by atoms with E-state index in [9.17, 15) is 14.4 Å². The third kappa shape index (κ3) is 5.25. The summed E-state index contributed by atoms with van der Waals surface area (Å²) in [5.41, 5.74) is 0. The van der Waals surface area contributed by atoms with Gasteiger partial charge in [0.2, 0.25) is 5.91 Å². The first-order valence-electron chi connectivity index (χ1n) is 11.9. The van der Waals surface area contributed by atoms with Crippen LogP contribution in [-0.4, -0.2) is 97.7 Å². The Labute approximate surface area is 184 Å². The molecule has 4 aliphatic rings. The molecule has 9 heteroatoms. The number of piperidine rings is 4. The fourth-order valence-corrected chi connectivity index (χ4v) is 5.84. The number of urea groups is 2. The molecule has 4 rings (SSSR count). The Morgan fingerprint density at radius 2 is 1.90 bits per heavy atom. The number of hydrogen-bond acceptors (Lipinski definition) is 4. The van der Waals surface area contributed by atoms with E-state index in [4.69, 9.17) is 4.74 Å². The minimum atomic E-state index is -0.142. The van der Waals surface area contributed by atoms with Crippen molar-refractivity contribution < 1.29 is 19.1 Å². The lowest BCUT2D eigenvalue weighted by Crippen LogP contribution is -2.62. The number of rotatable bonds is 5. The van der Waals surface area contributed by atoms with Gasteiger partial charge in [-0.25, -0.2) is 9.59 Å². The molecule has 0 radical (unpaired) electrons. The van der Waals surface area contributed by atoms with Crippen LogP contribution in [0.2, 0.25) is 0 Å². The monoisotopic (exact) mass is 435 g/mol. The predicted octanol–water partition coefficient (Wildman–Crippen LogP) is 1.24. The Morgan fingerprint density at radius 1 is 1.10 bits per heavy atom. The SMILES string of the molecule is COCCCNC(=O)NC1CCN(C(=O)N2CC3CC(C2)[C@H]2CCCC(=O)N2C3)CC1. The molecule has 174 valence electrons. The summed E-state index contributed by atoms with van der Waals surface area (Å²) < 4.78 is 4.98. The van der Waals surface area contributed by atoms with Crippen molar-refractivity contribution in [3.05, 3.63) is 0 Å². The summed E-state index contributed by atoms with van der Waals surface area (Å²) in [6.07, 6.45) is 6.24. The summed E-state index contributed by atoms with van der Waals surface area (Å²) in [7, 11) is 1.65. The number of fused-ring (bicyclic) bond motifs is 4. The van der Waals surface area contributed by atoms with Crippen LogP contribution in [0, 0.1) is 11.8 Å². The summed E-state index contributed by atoms with van der Waals surface area (Å²) >= 11 is 0. The topological polar surface area (TPSA) is 94.2 Å². The van der Waals surface area contributed by atoms with Crippen molar-refractivity contribution in [1.29, 1.82) is 0 Å². The minimum Gasteiger partial charge on any atom is -0.385 e. The van der Waals surface area contributed by atoms with Gasteiger partial charge in [0.05, 0.1) is 0 Å². The van der Waals surface area contributed by atoms with Crippen LogP contribution in [0.25, 0.3) is 0 Å². The third-order valence-corrected chi connectivity index (χ3v) is 7.36. The molecule has 4 aliphatic heterocycles. The lowest BCUT2D eigenvalue weighted by Gasteiger charge is -2.53. The van der Waals surface area contributed by atoms with E-state index in [1.54, 1.807) is 7.11 Å². The van der Waals surface area contributed by atoms with E-state index in [1.807, 2.05) is 9.80 Å². The molecule has 0 spiro atoms. The zero-order valence-corrected chi connectivity index (χ0v) is 18.7. The summed E-state index contributed by atoms with van der Waals surface area (Å²) in [6, 6.07) is 0.420. The molecule has 3 atom stereocenters. The Kier molecular flexibility index (Phi) is 7.20. The first-order valence-corrected chi connectivity index (χ1v) is 11.9. The van der Waals surface area contributed by atoms with Crippen molar-refractivity contribution in [2.75, 3.05) is 53.0 Å². The van der Waals surface area contributed by atoms with E-state index >= 15 is 0 Å². The van der Waals surface area contributed by atoms with Gasteiger partial charge in [0, 0.05) is 71.5 Å². The second kappa shape index (κ2) is 10.1. The number of amides is 5. The number of ether oxygens (including phenoxy) is 1. The van der Waals surface area contributed by atoms with Gasteiger partial charge in [-0.1, -0.05) is 0 Å². The predicted molar refractivity (Wildman–Crippen MR) is 116 cm³/mol. The molecule has 4 saturated heterocycles. The number of carbonyl (C=O) groups is 3. The normalized spacial score (nSPS) is 28.9. The zero-order chi connectivity index (χ0) is 21.8. The van der Waals surface area contributed by atoms with Crippen LogP contribution in [-0.2, 0) is 9.53 Å². The van der Waals surface area contributed by atoms with Gasteiger partial charge in [-0.05, 0) is 50.4 Å². The summed E-state index contributed by atoms with van der Waals surface area (Å²) in [4.78, 5) is 43.6. The Balaban J connectivity index is 1.22. The number of likely N-dealkylation sites (tertiary alicyclic amines) is 2. The third-order valence-electron chi connectivity index (χ3n) is 7.36. The molecule has 0 aromatic heterocycles. The molecule has 31 heavy (non-hydrogen) atoms. The van der Waals surface area contributed by atoms with Gasteiger partial charge in [-0.15, -0.1) is 0 Å².